The Morgan fingerprint density at radius 3 is 2.05 bits per heavy atom. The van der Waals surface area contributed by atoms with E-state index >= 15 is 0 Å². The second-order valence-corrected chi connectivity index (χ2v) is 9.55. The third kappa shape index (κ3) is 5.84. The Bertz CT molecular complexity index is 472. The van der Waals surface area contributed by atoms with E-state index in [1.54, 1.807) is 20.3 Å². The van der Waals surface area contributed by atoms with Crippen molar-refractivity contribution in [3.63, 3.8) is 0 Å². The molecule has 0 radical (unpaired) electrons. The molecule has 0 saturated carbocycles. The standard InChI is InChI=1S/C15H22O4Si/c1-12(11-15(17-3)19-20(4,5)6)18-14-9-7-13(16-2)8-10-14/h7-11H,1H2,2-6H3/b15-11+. The van der Waals surface area contributed by atoms with Gasteiger partial charge < -0.3 is 18.6 Å². The summed E-state index contributed by atoms with van der Waals surface area (Å²) in [5, 5.41) is 0. The average Bonchev–Trinajstić information content (AvgIpc) is 2.37. The third-order valence-electron chi connectivity index (χ3n) is 2.20. The largest absolute Gasteiger partial charge is 0.520 e. The quantitative estimate of drug-likeness (QED) is 0.434. The zero-order valence-corrected chi connectivity index (χ0v) is 13.7. The van der Waals surface area contributed by atoms with Gasteiger partial charge in [-0.05, 0) is 43.9 Å². The average molecular weight is 294 g/mol. The van der Waals surface area contributed by atoms with E-state index in [0.717, 1.165) is 5.75 Å². The first-order chi connectivity index (χ1) is 9.34. The monoisotopic (exact) mass is 294 g/mol. The molecule has 0 spiro atoms. The fourth-order valence-corrected chi connectivity index (χ4v) is 2.13. The van der Waals surface area contributed by atoms with E-state index in [2.05, 4.69) is 26.2 Å². The first-order valence-electron chi connectivity index (χ1n) is 6.29. The van der Waals surface area contributed by atoms with E-state index in [1.165, 1.54) is 0 Å². The number of methoxy groups -OCH3 is 2. The van der Waals surface area contributed by atoms with Crippen LogP contribution in [0.2, 0.25) is 19.6 Å². The molecule has 0 bridgehead atoms. The summed E-state index contributed by atoms with van der Waals surface area (Å²) in [6.45, 7) is 10.1. The second kappa shape index (κ2) is 7.05. The molecule has 4 nitrogen and oxygen atoms in total. The number of ether oxygens (including phenoxy) is 3. The Balaban J connectivity index is 2.69. The highest BCUT2D eigenvalue weighted by Gasteiger charge is 2.18. The Hall–Kier alpha value is -1.88. The molecule has 0 heterocycles. The maximum atomic E-state index is 5.75. The van der Waals surface area contributed by atoms with Crippen molar-refractivity contribution in [3.8, 4) is 11.5 Å². The van der Waals surface area contributed by atoms with Crippen LogP contribution < -0.4 is 9.47 Å². The molecule has 0 aliphatic heterocycles. The highest BCUT2D eigenvalue weighted by molar-refractivity contribution is 6.70. The zero-order chi connectivity index (χ0) is 15.2. The smallest absolute Gasteiger partial charge is 0.268 e. The van der Waals surface area contributed by atoms with Crippen molar-refractivity contribution in [1.29, 1.82) is 0 Å². The van der Waals surface area contributed by atoms with Gasteiger partial charge in [0.25, 0.3) is 5.95 Å². The van der Waals surface area contributed by atoms with Gasteiger partial charge in [0.2, 0.25) is 8.32 Å². The Morgan fingerprint density at radius 2 is 1.60 bits per heavy atom. The SMILES string of the molecule is C=C(/C=C(\OC)O[Si](C)(C)C)Oc1ccc(OC)cc1. The molecule has 0 saturated heterocycles. The first kappa shape index (κ1) is 16.2. The Kier molecular flexibility index (Phi) is 5.70. The molecule has 110 valence electrons. The molecule has 1 rings (SSSR count). The van der Waals surface area contributed by atoms with Crippen molar-refractivity contribution in [3.05, 3.63) is 48.6 Å². The normalized spacial score (nSPS) is 11.8. The van der Waals surface area contributed by atoms with Crippen LogP contribution >= 0.6 is 0 Å². The third-order valence-corrected chi connectivity index (χ3v) is 3.01. The molecule has 0 atom stereocenters. The van der Waals surface area contributed by atoms with Crippen LogP contribution in [-0.4, -0.2) is 22.5 Å². The van der Waals surface area contributed by atoms with E-state index in [-0.39, 0.29) is 0 Å². The number of hydrogen-bond acceptors (Lipinski definition) is 4. The fourth-order valence-electron chi connectivity index (χ4n) is 1.39. The summed E-state index contributed by atoms with van der Waals surface area (Å²) in [4.78, 5) is 0. The summed E-state index contributed by atoms with van der Waals surface area (Å²) in [5.41, 5.74) is 0. The number of benzene rings is 1. The van der Waals surface area contributed by atoms with Crippen LogP contribution in [0.5, 0.6) is 11.5 Å². The van der Waals surface area contributed by atoms with Crippen molar-refractivity contribution in [2.75, 3.05) is 14.2 Å². The number of allylic oxidation sites excluding steroid dienone is 1. The minimum atomic E-state index is -1.72. The number of rotatable bonds is 7. The van der Waals surface area contributed by atoms with E-state index in [4.69, 9.17) is 18.6 Å². The summed E-state index contributed by atoms with van der Waals surface area (Å²) >= 11 is 0. The molecule has 0 aliphatic rings. The summed E-state index contributed by atoms with van der Waals surface area (Å²) in [5.74, 6) is 2.32. The molecule has 0 aromatic heterocycles. The number of hydrogen-bond donors (Lipinski definition) is 0. The van der Waals surface area contributed by atoms with Gasteiger partial charge in [0.05, 0.1) is 20.3 Å². The van der Waals surface area contributed by atoms with Gasteiger partial charge in [-0.1, -0.05) is 6.58 Å². The van der Waals surface area contributed by atoms with E-state index in [1.807, 2.05) is 24.3 Å². The van der Waals surface area contributed by atoms with Gasteiger partial charge in [-0.15, -0.1) is 0 Å². The fraction of sp³-hybridized carbons (Fsp3) is 0.333. The van der Waals surface area contributed by atoms with Gasteiger partial charge in [-0.25, -0.2) is 0 Å². The van der Waals surface area contributed by atoms with Crippen molar-refractivity contribution < 1.29 is 18.6 Å². The lowest BCUT2D eigenvalue weighted by molar-refractivity contribution is 0.145. The Morgan fingerprint density at radius 1 is 1.05 bits per heavy atom. The predicted octanol–water partition coefficient (Wildman–Crippen LogP) is 3.93. The molecule has 0 unspecified atom stereocenters. The topological polar surface area (TPSA) is 36.9 Å². The van der Waals surface area contributed by atoms with E-state index in [0.29, 0.717) is 17.5 Å². The van der Waals surface area contributed by atoms with Crippen molar-refractivity contribution in [1.82, 2.24) is 0 Å². The first-order valence-corrected chi connectivity index (χ1v) is 9.70. The summed E-state index contributed by atoms with van der Waals surface area (Å²) in [6, 6.07) is 7.26. The van der Waals surface area contributed by atoms with Gasteiger partial charge in [-0.3, -0.25) is 0 Å². The summed E-state index contributed by atoms with van der Waals surface area (Å²) in [7, 11) is 1.46. The lowest BCUT2D eigenvalue weighted by atomic mass is 10.3. The van der Waals surface area contributed by atoms with E-state index < -0.39 is 8.32 Å². The highest BCUT2D eigenvalue weighted by Crippen LogP contribution is 2.20. The van der Waals surface area contributed by atoms with Crippen LogP contribution in [0.1, 0.15) is 0 Å². The molecule has 0 N–H and O–H groups in total. The van der Waals surface area contributed by atoms with Crippen LogP contribution in [0.3, 0.4) is 0 Å². The highest BCUT2D eigenvalue weighted by atomic mass is 28.4. The molecule has 0 aliphatic carbocycles. The van der Waals surface area contributed by atoms with Crippen LogP contribution in [0.25, 0.3) is 0 Å². The van der Waals surface area contributed by atoms with Gasteiger partial charge in [0.15, 0.2) is 0 Å². The maximum Gasteiger partial charge on any atom is 0.268 e. The predicted molar refractivity (Wildman–Crippen MR) is 82.3 cm³/mol. The summed E-state index contributed by atoms with van der Waals surface area (Å²) < 4.78 is 21.6. The second-order valence-electron chi connectivity index (χ2n) is 5.13. The van der Waals surface area contributed by atoms with Crippen LogP contribution in [0.4, 0.5) is 0 Å². The van der Waals surface area contributed by atoms with Crippen LogP contribution in [0.15, 0.2) is 48.6 Å². The van der Waals surface area contributed by atoms with Crippen molar-refractivity contribution in [2.45, 2.75) is 19.6 Å². The van der Waals surface area contributed by atoms with E-state index in [9.17, 15) is 0 Å². The molecular formula is C15H22O4Si. The lowest BCUT2D eigenvalue weighted by Gasteiger charge is -2.20. The molecular weight excluding hydrogens is 272 g/mol. The molecule has 0 amide bonds. The molecule has 5 heteroatoms. The van der Waals surface area contributed by atoms with Gasteiger partial charge in [0, 0.05) is 0 Å². The van der Waals surface area contributed by atoms with Crippen molar-refractivity contribution in [2.24, 2.45) is 0 Å². The lowest BCUT2D eigenvalue weighted by Crippen LogP contribution is -2.25. The van der Waals surface area contributed by atoms with Gasteiger partial charge in [0.1, 0.15) is 17.3 Å². The molecule has 1 aromatic carbocycles. The van der Waals surface area contributed by atoms with Gasteiger partial charge in [-0.2, -0.15) is 0 Å². The van der Waals surface area contributed by atoms with Gasteiger partial charge >= 0.3 is 0 Å². The zero-order valence-electron chi connectivity index (χ0n) is 12.7. The van der Waals surface area contributed by atoms with Crippen LogP contribution in [-0.2, 0) is 9.16 Å². The summed E-state index contributed by atoms with van der Waals surface area (Å²) in [6.07, 6.45) is 1.64. The molecule has 1 aromatic rings. The van der Waals surface area contributed by atoms with Crippen LogP contribution in [0, 0.1) is 0 Å². The Labute approximate surface area is 121 Å². The van der Waals surface area contributed by atoms with Crippen molar-refractivity contribution >= 4 is 8.32 Å². The molecule has 0 fully saturated rings. The molecule has 20 heavy (non-hydrogen) atoms. The minimum absolute atomic E-state index is 0.419. The minimum Gasteiger partial charge on any atom is -0.520 e. The maximum absolute atomic E-state index is 5.75.